The third-order valence-corrected chi connectivity index (χ3v) is 5.32. The number of para-hydroxylation sites is 1. The molecule has 9 nitrogen and oxygen atoms in total. The Kier molecular flexibility index (Phi) is 7.69. The van der Waals surface area contributed by atoms with Gasteiger partial charge in [-0.3, -0.25) is 4.79 Å². The van der Waals surface area contributed by atoms with Crippen molar-refractivity contribution in [2.75, 3.05) is 33.3 Å². The fraction of sp³-hybridized carbons (Fsp3) is 0.222. The highest BCUT2D eigenvalue weighted by Gasteiger charge is 2.20. The Bertz CT molecular complexity index is 1330. The average Bonchev–Trinajstić information content (AvgIpc) is 3.41. The van der Waals surface area contributed by atoms with Gasteiger partial charge in [-0.2, -0.15) is 4.98 Å². The molecule has 36 heavy (non-hydrogen) atoms. The molecule has 1 aromatic heterocycles. The summed E-state index contributed by atoms with van der Waals surface area (Å²) in [6, 6.07) is 17.7. The van der Waals surface area contributed by atoms with Crippen LogP contribution in [0.1, 0.15) is 23.7 Å². The predicted molar refractivity (Wildman–Crippen MR) is 135 cm³/mol. The van der Waals surface area contributed by atoms with Crippen molar-refractivity contribution < 1.29 is 28.3 Å². The number of methoxy groups -OCH3 is 3. The van der Waals surface area contributed by atoms with Crippen LogP contribution in [0.15, 0.2) is 65.2 Å². The lowest BCUT2D eigenvalue weighted by atomic mass is 10.1. The van der Waals surface area contributed by atoms with Gasteiger partial charge in [0, 0.05) is 11.1 Å². The Morgan fingerprint density at radius 3 is 2.39 bits per heavy atom. The van der Waals surface area contributed by atoms with Gasteiger partial charge < -0.3 is 28.8 Å². The predicted octanol–water partition coefficient (Wildman–Crippen LogP) is 5.47. The summed E-state index contributed by atoms with van der Waals surface area (Å²) in [5.74, 6) is 2.33. The van der Waals surface area contributed by atoms with E-state index < -0.39 is 0 Å². The summed E-state index contributed by atoms with van der Waals surface area (Å²) < 4.78 is 27.4. The molecule has 0 aliphatic rings. The molecule has 0 radical (unpaired) electrons. The number of anilines is 1. The van der Waals surface area contributed by atoms with E-state index in [0.717, 1.165) is 6.42 Å². The van der Waals surface area contributed by atoms with Crippen molar-refractivity contribution in [2.45, 2.75) is 13.3 Å². The normalized spacial score (nSPS) is 10.6. The van der Waals surface area contributed by atoms with E-state index in [4.69, 9.17) is 23.5 Å². The molecule has 3 aromatic carbocycles. The van der Waals surface area contributed by atoms with Crippen molar-refractivity contribution >= 4 is 11.6 Å². The summed E-state index contributed by atoms with van der Waals surface area (Å²) in [5, 5.41) is 7.05. The minimum Gasteiger partial charge on any atom is -0.494 e. The van der Waals surface area contributed by atoms with Crippen LogP contribution >= 0.6 is 0 Å². The van der Waals surface area contributed by atoms with Crippen molar-refractivity contribution in [3.63, 3.8) is 0 Å². The maximum atomic E-state index is 13.0. The lowest BCUT2D eigenvalue weighted by Gasteiger charge is -2.12. The van der Waals surface area contributed by atoms with Crippen LogP contribution in [0.25, 0.3) is 22.8 Å². The molecule has 1 N–H and O–H groups in total. The van der Waals surface area contributed by atoms with Gasteiger partial charge in [0.05, 0.1) is 39.2 Å². The van der Waals surface area contributed by atoms with E-state index >= 15 is 0 Å². The number of amides is 1. The molecule has 0 saturated carbocycles. The van der Waals surface area contributed by atoms with Crippen LogP contribution in [-0.4, -0.2) is 44.0 Å². The van der Waals surface area contributed by atoms with Crippen molar-refractivity contribution in [3.05, 3.63) is 66.2 Å². The molecule has 0 unspecified atom stereocenters. The van der Waals surface area contributed by atoms with Gasteiger partial charge in [0.15, 0.2) is 11.5 Å². The Morgan fingerprint density at radius 2 is 1.69 bits per heavy atom. The lowest BCUT2D eigenvalue weighted by molar-refractivity contribution is 0.102. The number of rotatable bonds is 10. The number of benzene rings is 3. The molecule has 9 heteroatoms. The first-order valence-corrected chi connectivity index (χ1v) is 11.4. The Hall–Kier alpha value is -4.53. The van der Waals surface area contributed by atoms with Crippen LogP contribution in [0.5, 0.6) is 23.0 Å². The molecule has 0 atom stereocenters. The van der Waals surface area contributed by atoms with E-state index in [9.17, 15) is 4.79 Å². The SMILES string of the molecule is CCCOc1cccc(C(=O)Nc2ccccc2-c2nc(-c3cc(OC)c(OC)c(OC)c3)no2)c1. The molecule has 4 rings (SSSR count). The summed E-state index contributed by atoms with van der Waals surface area (Å²) in [7, 11) is 4.60. The van der Waals surface area contributed by atoms with Gasteiger partial charge in [-0.25, -0.2) is 0 Å². The molecule has 0 saturated heterocycles. The molecular formula is C27H27N3O6. The molecule has 4 aromatic rings. The molecule has 1 heterocycles. The van der Waals surface area contributed by atoms with Gasteiger partial charge in [0.2, 0.25) is 11.6 Å². The number of nitrogens with one attached hydrogen (secondary N) is 1. The van der Waals surface area contributed by atoms with Crippen LogP contribution in [0, 0.1) is 0 Å². The number of hydrogen-bond donors (Lipinski definition) is 1. The molecule has 0 aliphatic heterocycles. The number of carbonyl (C=O) groups excluding carboxylic acids is 1. The summed E-state index contributed by atoms with van der Waals surface area (Å²) in [6.07, 6.45) is 0.881. The average molecular weight is 490 g/mol. The van der Waals surface area contributed by atoms with E-state index in [1.54, 1.807) is 42.5 Å². The van der Waals surface area contributed by atoms with E-state index in [2.05, 4.69) is 15.5 Å². The molecule has 186 valence electrons. The van der Waals surface area contributed by atoms with Gasteiger partial charge in [-0.1, -0.05) is 30.3 Å². The minimum absolute atomic E-state index is 0.245. The highest BCUT2D eigenvalue weighted by Crippen LogP contribution is 2.41. The third-order valence-electron chi connectivity index (χ3n) is 5.32. The first-order chi connectivity index (χ1) is 17.6. The molecule has 1 amide bonds. The zero-order valence-corrected chi connectivity index (χ0v) is 20.5. The number of carbonyl (C=O) groups is 1. The van der Waals surface area contributed by atoms with Crippen LogP contribution in [-0.2, 0) is 0 Å². The largest absolute Gasteiger partial charge is 0.494 e. The van der Waals surface area contributed by atoms with Gasteiger partial charge in [0.1, 0.15) is 5.75 Å². The number of hydrogen-bond acceptors (Lipinski definition) is 8. The number of ether oxygens (including phenoxy) is 4. The maximum absolute atomic E-state index is 13.0. The Morgan fingerprint density at radius 1 is 0.944 bits per heavy atom. The summed E-state index contributed by atoms with van der Waals surface area (Å²) >= 11 is 0. The minimum atomic E-state index is -0.284. The van der Waals surface area contributed by atoms with Crippen molar-refractivity contribution in [1.82, 2.24) is 10.1 Å². The van der Waals surface area contributed by atoms with Crippen LogP contribution < -0.4 is 24.3 Å². The second-order valence-corrected chi connectivity index (χ2v) is 7.71. The monoisotopic (exact) mass is 489 g/mol. The lowest BCUT2D eigenvalue weighted by Crippen LogP contribution is -2.12. The van der Waals surface area contributed by atoms with Gasteiger partial charge in [-0.15, -0.1) is 0 Å². The summed E-state index contributed by atoms with van der Waals surface area (Å²) in [5.41, 5.74) is 2.20. The van der Waals surface area contributed by atoms with E-state index in [-0.39, 0.29) is 11.8 Å². The fourth-order valence-corrected chi connectivity index (χ4v) is 3.58. The van der Waals surface area contributed by atoms with E-state index in [1.165, 1.54) is 21.3 Å². The second kappa shape index (κ2) is 11.3. The van der Waals surface area contributed by atoms with Gasteiger partial charge in [-0.05, 0) is 48.9 Å². The van der Waals surface area contributed by atoms with Crippen molar-refractivity contribution in [1.29, 1.82) is 0 Å². The smallest absolute Gasteiger partial charge is 0.260 e. The zero-order valence-electron chi connectivity index (χ0n) is 20.5. The first kappa shape index (κ1) is 24.6. The highest BCUT2D eigenvalue weighted by atomic mass is 16.5. The van der Waals surface area contributed by atoms with Crippen molar-refractivity contribution in [2.24, 2.45) is 0 Å². The highest BCUT2D eigenvalue weighted by molar-refractivity contribution is 6.06. The molecule has 0 aliphatic carbocycles. The van der Waals surface area contributed by atoms with Gasteiger partial charge >= 0.3 is 0 Å². The zero-order chi connectivity index (χ0) is 25.5. The summed E-state index contributed by atoms with van der Waals surface area (Å²) in [4.78, 5) is 17.5. The third kappa shape index (κ3) is 5.25. The van der Waals surface area contributed by atoms with Crippen molar-refractivity contribution in [3.8, 4) is 45.8 Å². The molecule has 0 fully saturated rings. The Labute approximate surface area is 209 Å². The quantitative estimate of drug-likeness (QED) is 0.313. The van der Waals surface area contributed by atoms with Gasteiger partial charge in [0.25, 0.3) is 11.8 Å². The van der Waals surface area contributed by atoms with Crippen LogP contribution in [0.2, 0.25) is 0 Å². The maximum Gasteiger partial charge on any atom is 0.260 e. The fourth-order valence-electron chi connectivity index (χ4n) is 3.58. The number of aromatic nitrogens is 2. The second-order valence-electron chi connectivity index (χ2n) is 7.71. The molecule has 0 spiro atoms. The summed E-state index contributed by atoms with van der Waals surface area (Å²) in [6.45, 7) is 2.61. The Balaban J connectivity index is 1.61. The van der Waals surface area contributed by atoms with Crippen LogP contribution in [0.4, 0.5) is 5.69 Å². The van der Waals surface area contributed by atoms with Crippen LogP contribution in [0.3, 0.4) is 0 Å². The standard InChI is InChI=1S/C27H27N3O6/c1-5-13-35-19-10-8-9-17(14-19)26(31)28-21-12-7-6-11-20(21)27-29-25(30-36-27)18-15-22(32-2)24(34-4)23(16-18)33-3/h6-12,14-16H,5,13H2,1-4H3,(H,28,31). The topological polar surface area (TPSA) is 105 Å². The molecular weight excluding hydrogens is 462 g/mol. The molecule has 0 bridgehead atoms. The first-order valence-electron chi connectivity index (χ1n) is 11.4. The van der Waals surface area contributed by atoms with E-state index in [0.29, 0.717) is 57.8 Å². The number of nitrogens with zero attached hydrogens (tertiary/aromatic N) is 2. The van der Waals surface area contributed by atoms with E-state index in [1.807, 2.05) is 25.1 Å².